The number of ether oxygens (including phenoxy) is 1. The number of imidazole rings is 1. The second-order valence-corrected chi connectivity index (χ2v) is 8.26. The monoisotopic (exact) mass is 406 g/mol. The van der Waals surface area contributed by atoms with Crippen LogP contribution in [0.2, 0.25) is 0 Å². The van der Waals surface area contributed by atoms with Crippen molar-refractivity contribution in [1.82, 2.24) is 14.9 Å². The summed E-state index contributed by atoms with van der Waals surface area (Å²) in [6.45, 7) is 7.39. The standard InChI is InChI=1S/C24H30N4O2/c1-24(2,3)30-23(29)26-14-15-28(17-22-16-25-18-27(22)4)21-12-10-20(11-13-21)19-8-6-5-7-9-19/h5-13,16,18H,14-15,17H2,1-4H3,(H,26,29). The van der Waals surface area contributed by atoms with Crippen molar-refractivity contribution in [2.45, 2.75) is 32.9 Å². The third kappa shape index (κ3) is 6.11. The molecule has 0 saturated heterocycles. The molecule has 6 nitrogen and oxygen atoms in total. The van der Waals surface area contributed by atoms with Gasteiger partial charge in [-0.15, -0.1) is 0 Å². The fourth-order valence-corrected chi connectivity index (χ4v) is 3.13. The average Bonchev–Trinajstić information content (AvgIpc) is 3.11. The van der Waals surface area contributed by atoms with E-state index in [-0.39, 0.29) is 0 Å². The molecule has 0 fully saturated rings. The molecule has 3 aromatic rings. The average molecular weight is 407 g/mol. The van der Waals surface area contributed by atoms with Crippen LogP contribution in [-0.4, -0.2) is 34.3 Å². The van der Waals surface area contributed by atoms with Gasteiger partial charge in [0.2, 0.25) is 0 Å². The van der Waals surface area contributed by atoms with Crippen molar-refractivity contribution < 1.29 is 9.53 Å². The number of hydrogen-bond acceptors (Lipinski definition) is 4. The normalized spacial score (nSPS) is 11.2. The molecule has 6 heteroatoms. The van der Waals surface area contributed by atoms with E-state index in [9.17, 15) is 4.79 Å². The fraction of sp³-hybridized carbons (Fsp3) is 0.333. The predicted octanol–water partition coefficient (Wildman–Crippen LogP) is 4.62. The number of carbonyl (C=O) groups excluding carboxylic acids is 1. The van der Waals surface area contributed by atoms with Gasteiger partial charge in [-0.3, -0.25) is 0 Å². The zero-order valence-electron chi connectivity index (χ0n) is 18.1. The van der Waals surface area contributed by atoms with Crippen molar-refractivity contribution in [3.05, 3.63) is 72.8 Å². The van der Waals surface area contributed by atoms with Crippen LogP contribution in [0.4, 0.5) is 10.5 Å². The third-order valence-corrected chi connectivity index (χ3v) is 4.66. The Morgan fingerprint density at radius 3 is 2.33 bits per heavy atom. The summed E-state index contributed by atoms with van der Waals surface area (Å²) in [6, 6.07) is 18.8. The highest BCUT2D eigenvalue weighted by Crippen LogP contribution is 2.24. The molecule has 0 aliphatic heterocycles. The van der Waals surface area contributed by atoms with Crippen molar-refractivity contribution >= 4 is 11.8 Å². The van der Waals surface area contributed by atoms with Gasteiger partial charge in [0.05, 0.1) is 18.6 Å². The minimum Gasteiger partial charge on any atom is -0.444 e. The maximum absolute atomic E-state index is 12.0. The number of rotatable bonds is 7. The van der Waals surface area contributed by atoms with Crippen LogP contribution in [0, 0.1) is 0 Å². The van der Waals surface area contributed by atoms with Crippen LogP contribution in [0.5, 0.6) is 0 Å². The molecule has 1 aromatic heterocycles. The first-order valence-corrected chi connectivity index (χ1v) is 10.1. The van der Waals surface area contributed by atoms with Crippen LogP contribution in [0.25, 0.3) is 11.1 Å². The van der Waals surface area contributed by atoms with E-state index in [2.05, 4.69) is 51.6 Å². The van der Waals surface area contributed by atoms with E-state index in [1.807, 2.05) is 56.8 Å². The zero-order valence-corrected chi connectivity index (χ0v) is 18.1. The van der Waals surface area contributed by atoms with Gasteiger partial charge in [-0.25, -0.2) is 9.78 Å². The second-order valence-electron chi connectivity index (χ2n) is 8.26. The molecule has 0 atom stereocenters. The van der Waals surface area contributed by atoms with Crippen LogP contribution < -0.4 is 10.2 Å². The van der Waals surface area contributed by atoms with Crippen LogP contribution in [0.3, 0.4) is 0 Å². The van der Waals surface area contributed by atoms with Gasteiger partial charge in [0.25, 0.3) is 0 Å². The van der Waals surface area contributed by atoms with E-state index in [0.29, 0.717) is 19.6 Å². The maximum Gasteiger partial charge on any atom is 0.407 e. The molecule has 0 unspecified atom stereocenters. The first kappa shape index (κ1) is 21.4. The summed E-state index contributed by atoms with van der Waals surface area (Å²) >= 11 is 0. The van der Waals surface area contributed by atoms with Crippen molar-refractivity contribution in [1.29, 1.82) is 0 Å². The topological polar surface area (TPSA) is 59.4 Å². The number of nitrogens with one attached hydrogen (secondary N) is 1. The summed E-state index contributed by atoms with van der Waals surface area (Å²) in [6.07, 6.45) is 3.26. The Hall–Kier alpha value is -3.28. The Bertz CT molecular complexity index is 943. The molecule has 2 aromatic carbocycles. The van der Waals surface area contributed by atoms with Crippen LogP contribution in [0.1, 0.15) is 26.5 Å². The summed E-state index contributed by atoms with van der Waals surface area (Å²) in [7, 11) is 1.98. The van der Waals surface area contributed by atoms with Crippen molar-refractivity contribution in [3.8, 4) is 11.1 Å². The number of nitrogens with zero attached hydrogens (tertiary/aromatic N) is 3. The van der Waals surface area contributed by atoms with Gasteiger partial charge in [-0.2, -0.15) is 0 Å². The van der Waals surface area contributed by atoms with Crippen LogP contribution in [-0.2, 0) is 18.3 Å². The van der Waals surface area contributed by atoms with E-state index in [1.54, 1.807) is 6.33 Å². The third-order valence-electron chi connectivity index (χ3n) is 4.66. The Balaban J connectivity index is 1.71. The number of aryl methyl sites for hydroxylation is 1. The molecular formula is C24H30N4O2. The van der Waals surface area contributed by atoms with Crippen molar-refractivity contribution in [3.63, 3.8) is 0 Å². The molecule has 0 bridgehead atoms. The Morgan fingerprint density at radius 2 is 1.73 bits per heavy atom. The minimum atomic E-state index is -0.508. The van der Waals surface area contributed by atoms with E-state index in [4.69, 9.17) is 4.74 Å². The summed E-state index contributed by atoms with van der Waals surface area (Å²) in [5, 5.41) is 2.85. The summed E-state index contributed by atoms with van der Waals surface area (Å²) < 4.78 is 7.34. The second kappa shape index (κ2) is 9.48. The highest BCUT2D eigenvalue weighted by molar-refractivity contribution is 5.68. The van der Waals surface area contributed by atoms with Gasteiger partial charge >= 0.3 is 6.09 Å². The molecule has 0 aliphatic carbocycles. The van der Waals surface area contributed by atoms with Crippen molar-refractivity contribution in [2.75, 3.05) is 18.0 Å². The van der Waals surface area contributed by atoms with Gasteiger partial charge in [-0.05, 0) is 44.0 Å². The van der Waals surface area contributed by atoms with Crippen LogP contribution >= 0.6 is 0 Å². The lowest BCUT2D eigenvalue weighted by Crippen LogP contribution is -2.38. The maximum atomic E-state index is 12.0. The first-order chi connectivity index (χ1) is 14.3. The van der Waals surface area contributed by atoms with Gasteiger partial charge < -0.3 is 19.5 Å². The van der Waals surface area contributed by atoms with Gasteiger partial charge in [0.15, 0.2) is 0 Å². The number of aromatic nitrogens is 2. The van der Waals surface area contributed by atoms with Gasteiger partial charge in [-0.1, -0.05) is 42.5 Å². The number of alkyl carbamates (subject to hydrolysis) is 1. The zero-order chi connectivity index (χ0) is 21.6. The predicted molar refractivity (Wildman–Crippen MR) is 120 cm³/mol. The molecule has 0 spiro atoms. The molecule has 0 aliphatic rings. The molecule has 1 N–H and O–H groups in total. The highest BCUT2D eigenvalue weighted by Gasteiger charge is 2.16. The highest BCUT2D eigenvalue weighted by atomic mass is 16.6. The van der Waals surface area contributed by atoms with E-state index < -0.39 is 11.7 Å². The van der Waals surface area contributed by atoms with E-state index in [0.717, 1.165) is 11.4 Å². The lowest BCUT2D eigenvalue weighted by molar-refractivity contribution is 0.0529. The molecule has 30 heavy (non-hydrogen) atoms. The lowest BCUT2D eigenvalue weighted by Gasteiger charge is -2.26. The Morgan fingerprint density at radius 1 is 1.07 bits per heavy atom. The molecule has 1 heterocycles. The number of benzene rings is 2. The lowest BCUT2D eigenvalue weighted by atomic mass is 10.1. The molecule has 158 valence electrons. The quantitative estimate of drug-likeness (QED) is 0.622. The number of anilines is 1. The molecule has 3 rings (SSSR count). The van der Waals surface area contributed by atoms with Gasteiger partial charge in [0, 0.05) is 32.0 Å². The Labute approximate surface area is 178 Å². The summed E-state index contributed by atoms with van der Waals surface area (Å²) in [5.74, 6) is 0. The molecular weight excluding hydrogens is 376 g/mol. The molecule has 0 saturated carbocycles. The van der Waals surface area contributed by atoms with E-state index >= 15 is 0 Å². The van der Waals surface area contributed by atoms with Gasteiger partial charge in [0.1, 0.15) is 5.60 Å². The summed E-state index contributed by atoms with van der Waals surface area (Å²) in [5.41, 5.74) is 4.04. The number of hydrogen-bond donors (Lipinski definition) is 1. The SMILES string of the molecule is Cn1cncc1CN(CCNC(=O)OC(C)(C)C)c1ccc(-c2ccccc2)cc1. The number of carbonyl (C=O) groups is 1. The largest absolute Gasteiger partial charge is 0.444 e. The minimum absolute atomic E-state index is 0.401. The number of amides is 1. The summed E-state index contributed by atoms with van der Waals surface area (Å²) in [4.78, 5) is 18.4. The molecule has 0 radical (unpaired) electrons. The van der Waals surface area contributed by atoms with E-state index in [1.165, 1.54) is 11.1 Å². The fourth-order valence-electron chi connectivity index (χ4n) is 3.13. The molecule has 1 amide bonds. The van der Waals surface area contributed by atoms with Crippen molar-refractivity contribution in [2.24, 2.45) is 7.05 Å². The van der Waals surface area contributed by atoms with Crippen LogP contribution in [0.15, 0.2) is 67.1 Å². The Kier molecular flexibility index (Phi) is 6.77. The smallest absolute Gasteiger partial charge is 0.407 e. The first-order valence-electron chi connectivity index (χ1n) is 10.1.